The summed E-state index contributed by atoms with van der Waals surface area (Å²) in [7, 11) is -3.34. The van der Waals surface area contributed by atoms with Gasteiger partial charge in [-0.1, -0.05) is 23.7 Å². The van der Waals surface area contributed by atoms with Crippen LogP contribution in [0, 0.1) is 0 Å². The molecule has 1 atom stereocenters. The zero-order valence-corrected chi connectivity index (χ0v) is 14.3. The molecule has 0 saturated heterocycles. The molecule has 2 aromatic rings. The van der Waals surface area contributed by atoms with E-state index in [4.69, 9.17) is 11.6 Å². The van der Waals surface area contributed by atoms with Gasteiger partial charge in [-0.3, -0.25) is 9.52 Å². The maximum Gasteiger partial charge on any atom is 0.251 e. The van der Waals surface area contributed by atoms with Crippen molar-refractivity contribution in [2.24, 2.45) is 0 Å². The average molecular weight is 353 g/mol. The van der Waals surface area contributed by atoms with Crippen LogP contribution in [-0.2, 0) is 10.0 Å². The molecule has 0 aliphatic rings. The monoisotopic (exact) mass is 352 g/mol. The SMILES string of the molecule is CC(NC(=O)c1ccc(Cl)cc1)c1cccc(NS(C)(=O)=O)c1. The summed E-state index contributed by atoms with van der Waals surface area (Å²) in [6.45, 7) is 1.83. The van der Waals surface area contributed by atoms with Gasteiger partial charge in [0.2, 0.25) is 10.0 Å². The molecule has 2 N–H and O–H groups in total. The van der Waals surface area contributed by atoms with E-state index in [1.165, 1.54) is 0 Å². The number of nitrogens with one attached hydrogen (secondary N) is 2. The normalized spacial score (nSPS) is 12.5. The van der Waals surface area contributed by atoms with E-state index in [2.05, 4.69) is 10.0 Å². The third-order valence-corrected chi connectivity index (χ3v) is 4.00. The third kappa shape index (κ3) is 5.26. The molecular formula is C16H17ClN2O3S. The van der Waals surface area contributed by atoms with E-state index in [1.54, 1.807) is 42.5 Å². The highest BCUT2D eigenvalue weighted by Crippen LogP contribution is 2.19. The summed E-state index contributed by atoms with van der Waals surface area (Å²) in [5, 5.41) is 3.43. The molecular weight excluding hydrogens is 336 g/mol. The first-order valence-corrected chi connectivity index (χ1v) is 9.16. The molecule has 1 unspecified atom stereocenters. The van der Waals surface area contributed by atoms with Crippen LogP contribution in [0.3, 0.4) is 0 Å². The summed E-state index contributed by atoms with van der Waals surface area (Å²) in [5.74, 6) is -0.226. The molecule has 1 amide bonds. The molecule has 0 bridgehead atoms. The van der Waals surface area contributed by atoms with Crippen molar-refractivity contribution >= 4 is 33.2 Å². The number of amides is 1. The van der Waals surface area contributed by atoms with Crippen molar-refractivity contribution in [2.45, 2.75) is 13.0 Å². The topological polar surface area (TPSA) is 75.3 Å². The van der Waals surface area contributed by atoms with Gasteiger partial charge in [0, 0.05) is 16.3 Å². The van der Waals surface area contributed by atoms with Crippen LogP contribution in [-0.4, -0.2) is 20.6 Å². The summed E-state index contributed by atoms with van der Waals surface area (Å²) in [6, 6.07) is 13.2. The van der Waals surface area contributed by atoms with Gasteiger partial charge in [0.1, 0.15) is 0 Å². The van der Waals surface area contributed by atoms with E-state index in [1.807, 2.05) is 13.0 Å². The van der Waals surface area contributed by atoms with Gasteiger partial charge in [-0.2, -0.15) is 0 Å². The smallest absolute Gasteiger partial charge is 0.251 e. The van der Waals surface area contributed by atoms with Crippen LogP contribution < -0.4 is 10.0 Å². The predicted octanol–water partition coefficient (Wildman–Crippen LogP) is 3.20. The van der Waals surface area contributed by atoms with Crippen LogP contribution in [0.25, 0.3) is 0 Å². The number of rotatable bonds is 5. The summed E-state index contributed by atoms with van der Waals surface area (Å²) >= 11 is 5.80. The van der Waals surface area contributed by atoms with Crippen LogP contribution in [0.15, 0.2) is 48.5 Å². The van der Waals surface area contributed by atoms with E-state index in [0.29, 0.717) is 16.3 Å². The minimum Gasteiger partial charge on any atom is -0.346 e. The van der Waals surface area contributed by atoms with Crippen LogP contribution in [0.2, 0.25) is 5.02 Å². The molecule has 0 aliphatic carbocycles. The second-order valence-electron chi connectivity index (χ2n) is 5.20. The highest BCUT2D eigenvalue weighted by atomic mass is 35.5. The summed E-state index contributed by atoms with van der Waals surface area (Å²) in [5.41, 5.74) is 1.75. The molecule has 2 aromatic carbocycles. The standard InChI is InChI=1S/C16H17ClN2O3S/c1-11(18-16(20)12-6-8-14(17)9-7-12)13-4-3-5-15(10-13)19-23(2,21)22/h3-11,19H,1-2H3,(H,18,20). The number of hydrogen-bond acceptors (Lipinski definition) is 3. The Hall–Kier alpha value is -2.05. The summed E-state index contributed by atoms with van der Waals surface area (Å²) < 4.78 is 25.0. The fourth-order valence-electron chi connectivity index (χ4n) is 2.05. The van der Waals surface area contributed by atoms with E-state index < -0.39 is 10.0 Å². The molecule has 0 fully saturated rings. The van der Waals surface area contributed by atoms with Gasteiger partial charge in [0.25, 0.3) is 5.91 Å². The van der Waals surface area contributed by atoms with Gasteiger partial charge in [-0.15, -0.1) is 0 Å². The minimum absolute atomic E-state index is 0.226. The Bertz CT molecular complexity index is 804. The van der Waals surface area contributed by atoms with E-state index >= 15 is 0 Å². The lowest BCUT2D eigenvalue weighted by Gasteiger charge is -2.15. The lowest BCUT2D eigenvalue weighted by Crippen LogP contribution is -2.26. The minimum atomic E-state index is -3.34. The number of hydrogen-bond donors (Lipinski definition) is 2. The van der Waals surface area contributed by atoms with Gasteiger partial charge in [-0.25, -0.2) is 8.42 Å². The number of benzene rings is 2. The highest BCUT2D eigenvalue weighted by Gasteiger charge is 2.12. The second-order valence-corrected chi connectivity index (χ2v) is 7.39. The second kappa shape index (κ2) is 7.02. The van der Waals surface area contributed by atoms with Crippen molar-refractivity contribution in [3.8, 4) is 0 Å². The van der Waals surface area contributed by atoms with Crippen molar-refractivity contribution in [3.05, 3.63) is 64.7 Å². The zero-order valence-electron chi connectivity index (χ0n) is 12.7. The molecule has 0 spiro atoms. The zero-order chi connectivity index (χ0) is 17.0. The first-order chi connectivity index (χ1) is 10.7. The van der Waals surface area contributed by atoms with E-state index in [0.717, 1.165) is 11.8 Å². The van der Waals surface area contributed by atoms with Crippen molar-refractivity contribution < 1.29 is 13.2 Å². The highest BCUT2D eigenvalue weighted by molar-refractivity contribution is 7.92. The Kier molecular flexibility index (Phi) is 5.28. The Morgan fingerprint density at radius 3 is 2.39 bits per heavy atom. The lowest BCUT2D eigenvalue weighted by atomic mass is 10.1. The molecule has 122 valence electrons. The van der Waals surface area contributed by atoms with E-state index in [-0.39, 0.29) is 11.9 Å². The molecule has 0 radical (unpaired) electrons. The Morgan fingerprint density at radius 2 is 1.78 bits per heavy atom. The van der Waals surface area contributed by atoms with Crippen LogP contribution in [0.5, 0.6) is 0 Å². The molecule has 0 heterocycles. The molecule has 0 saturated carbocycles. The molecule has 7 heteroatoms. The van der Waals surface area contributed by atoms with Crippen LogP contribution in [0.1, 0.15) is 28.9 Å². The largest absolute Gasteiger partial charge is 0.346 e. The number of sulfonamides is 1. The number of carbonyl (C=O) groups excluding carboxylic acids is 1. The summed E-state index contributed by atoms with van der Waals surface area (Å²) in [6.07, 6.45) is 1.09. The van der Waals surface area contributed by atoms with Gasteiger partial charge >= 0.3 is 0 Å². The van der Waals surface area contributed by atoms with Gasteiger partial charge in [-0.05, 0) is 48.9 Å². The van der Waals surface area contributed by atoms with Crippen molar-refractivity contribution in [1.82, 2.24) is 5.32 Å². The first-order valence-electron chi connectivity index (χ1n) is 6.89. The van der Waals surface area contributed by atoms with E-state index in [9.17, 15) is 13.2 Å². The Balaban J connectivity index is 2.11. The van der Waals surface area contributed by atoms with Crippen molar-refractivity contribution in [1.29, 1.82) is 0 Å². The van der Waals surface area contributed by atoms with Gasteiger partial charge < -0.3 is 5.32 Å². The molecule has 2 rings (SSSR count). The summed E-state index contributed by atoms with van der Waals surface area (Å²) in [4.78, 5) is 12.2. The quantitative estimate of drug-likeness (QED) is 0.867. The Labute approximate surface area is 140 Å². The molecule has 0 aromatic heterocycles. The van der Waals surface area contributed by atoms with Crippen molar-refractivity contribution in [3.63, 3.8) is 0 Å². The lowest BCUT2D eigenvalue weighted by molar-refractivity contribution is 0.0940. The van der Waals surface area contributed by atoms with Gasteiger partial charge in [0.05, 0.1) is 12.3 Å². The maximum absolute atomic E-state index is 12.2. The number of carbonyl (C=O) groups is 1. The fourth-order valence-corrected chi connectivity index (χ4v) is 2.73. The Morgan fingerprint density at radius 1 is 1.13 bits per heavy atom. The maximum atomic E-state index is 12.2. The molecule has 23 heavy (non-hydrogen) atoms. The average Bonchev–Trinajstić information content (AvgIpc) is 2.46. The fraction of sp³-hybridized carbons (Fsp3) is 0.188. The third-order valence-electron chi connectivity index (χ3n) is 3.14. The number of halogens is 1. The van der Waals surface area contributed by atoms with Crippen LogP contribution >= 0.6 is 11.6 Å². The van der Waals surface area contributed by atoms with Crippen molar-refractivity contribution in [2.75, 3.05) is 11.0 Å². The number of anilines is 1. The first kappa shape index (κ1) is 17.3. The van der Waals surface area contributed by atoms with Crippen LogP contribution in [0.4, 0.5) is 5.69 Å². The van der Waals surface area contributed by atoms with Gasteiger partial charge in [0.15, 0.2) is 0 Å². The molecule has 0 aliphatic heterocycles. The molecule has 5 nitrogen and oxygen atoms in total. The predicted molar refractivity (Wildman–Crippen MR) is 92.2 cm³/mol.